The quantitative estimate of drug-likeness (QED) is 0.775. The van der Waals surface area contributed by atoms with Crippen LogP contribution < -0.4 is 9.47 Å². The predicted molar refractivity (Wildman–Crippen MR) is 71.1 cm³/mol. The van der Waals surface area contributed by atoms with E-state index in [4.69, 9.17) is 21.1 Å². The highest BCUT2D eigenvalue weighted by Crippen LogP contribution is 2.26. The van der Waals surface area contributed by atoms with Gasteiger partial charge in [0.1, 0.15) is 18.1 Å². The average Bonchev–Trinajstić information content (AvgIpc) is 2.45. The molecule has 4 heteroatoms. The molecule has 0 saturated carbocycles. The van der Waals surface area contributed by atoms with Crippen LogP contribution in [0.4, 0.5) is 0 Å². The summed E-state index contributed by atoms with van der Waals surface area (Å²) < 4.78 is 10.9. The van der Waals surface area contributed by atoms with Gasteiger partial charge < -0.3 is 9.47 Å². The lowest BCUT2D eigenvalue weighted by atomic mass is 10.2. The summed E-state index contributed by atoms with van der Waals surface area (Å²) in [5.41, 5.74) is 2.01. The first kappa shape index (κ1) is 12.7. The van der Waals surface area contributed by atoms with Crippen molar-refractivity contribution in [2.45, 2.75) is 12.5 Å². The lowest BCUT2D eigenvalue weighted by molar-refractivity contribution is 0.301. The van der Waals surface area contributed by atoms with Crippen molar-refractivity contribution in [3.8, 4) is 11.5 Å². The number of methoxy groups -OCH3 is 1. The minimum absolute atomic E-state index is 0.412. The van der Waals surface area contributed by atoms with E-state index in [9.17, 15) is 0 Å². The molecule has 94 valence electrons. The molecule has 2 rings (SSSR count). The zero-order valence-electron chi connectivity index (χ0n) is 10.1. The summed E-state index contributed by atoms with van der Waals surface area (Å²) in [6.45, 7) is 0.486. The molecule has 0 bridgehead atoms. The molecule has 2 aromatic rings. The number of halogens is 1. The lowest BCUT2D eigenvalue weighted by Gasteiger charge is -2.11. The van der Waals surface area contributed by atoms with Crippen molar-refractivity contribution in [2.75, 3.05) is 7.11 Å². The summed E-state index contributed by atoms with van der Waals surface area (Å²) in [5.74, 6) is 1.92. The Morgan fingerprint density at radius 3 is 2.61 bits per heavy atom. The number of rotatable bonds is 5. The van der Waals surface area contributed by atoms with Crippen molar-refractivity contribution >= 4 is 11.6 Å². The minimum Gasteiger partial charge on any atom is -0.497 e. The Bertz CT molecular complexity index is 502. The fourth-order valence-electron chi connectivity index (χ4n) is 1.55. The molecular formula is C14H14ClNO2. The Labute approximate surface area is 111 Å². The molecule has 1 aromatic heterocycles. The third-order valence-electron chi connectivity index (χ3n) is 2.56. The number of pyridine rings is 1. The third kappa shape index (κ3) is 3.14. The van der Waals surface area contributed by atoms with E-state index < -0.39 is 0 Å². The van der Waals surface area contributed by atoms with Gasteiger partial charge in [0.25, 0.3) is 0 Å². The van der Waals surface area contributed by atoms with Gasteiger partial charge in [-0.25, -0.2) is 0 Å². The van der Waals surface area contributed by atoms with E-state index in [0.717, 1.165) is 22.6 Å². The number of ether oxygens (including phenoxy) is 2. The molecule has 0 aliphatic rings. The highest BCUT2D eigenvalue weighted by atomic mass is 35.5. The van der Waals surface area contributed by atoms with Crippen LogP contribution in [-0.4, -0.2) is 12.1 Å². The Morgan fingerprint density at radius 1 is 1.17 bits per heavy atom. The number of alkyl halides is 1. The first-order chi connectivity index (χ1) is 8.83. The van der Waals surface area contributed by atoms with Crippen molar-refractivity contribution < 1.29 is 9.47 Å². The fourth-order valence-corrected chi connectivity index (χ4v) is 1.77. The number of aromatic nitrogens is 1. The molecular weight excluding hydrogens is 250 g/mol. The van der Waals surface area contributed by atoms with Crippen molar-refractivity contribution in [1.82, 2.24) is 4.98 Å². The van der Waals surface area contributed by atoms with Crippen LogP contribution in [0.25, 0.3) is 0 Å². The molecule has 0 aliphatic carbocycles. The van der Waals surface area contributed by atoms with Crippen LogP contribution in [-0.2, 0) is 12.5 Å². The van der Waals surface area contributed by atoms with Crippen LogP contribution in [0.2, 0.25) is 0 Å². The highest BCUT2D eigenvalue weighted by molar-refractivity contribution is 6.17. The SMILES string of the molecule is COc1ccc(CCl)c(OCc2ccncc2)c1. The van der Waals surface area contributed by atoms with E-state index >= 15 is 0 Å². The lowest BCUT2D eigenvalue weighted by Crippen LogP contribution is -1.98. The summed E-state index contributed by atoms with van der Waals surface area (Å²) in [6, 6.07) is 9.46. The number of nitrogens with zero attached hydrogens (tertiary/aromatic N) is 1. The minimum atomic E-state index is 0.412. The van der Waals surface area contributed by atoms with E-state index in [-0.39, 0.29) is 0 Å². The fraction of sp³-hybridized carbons (Fsp3) is 0.214. The van der Waals surface area contributed by atoms with E-state index in [1.807, 2.05) is 30.3 Å². The van der Waals surface area contributed by atoms with E-state index in [1.54, 1.807) is 19.5 Å². The van der Waals surface area contributed by atoms with Crippen molar-refractivity contribution in [2.24, 2.45) is 0 Å². The highest BCUT2D eigenvalue weighted by Gasteiger charge is 2.05. The van der Waals surface area contributed by atoms with Crippen molar-refractivity contribution in [3.05, 3.63) is 53.9 Å². The molecule has 3 nitrogen and oxygen atoms in total. The Balaban J connectivity index is 2.12. The molecule has 0 N–H and O–H groups in total. The Morgan fingerprint density at radius 2 is 1.94 bits per heavy atom. The first-order valence-corrected chi connectivity index (χ1v) is 6.11. The topological polar surface area (TPSA) is 31.4 Å². The maximum absolute atomic E-state index is 5.88. The number of hydrogen-bond acceptors (Lipinski definition) is 3. The zero-order chi connectivity index (χ0) is 12.8. The van der Waals surface area contributed by atoms with Gasteiger partial charge in [-0.3, -0.25) is 4.98 Å². The molecule has 0 radical (unpaired) electrons. The van der Waals surface area contributed by atoms with E-state index in [2.05, 4.69) is 4.98 Å². The number of benzene rings is 1. The van der Waals surface area contributed by atoms with E-state index in [1.165, 1.54) is 0 Å². The van der Waals surface area contributed by atoms with Crippen molar-refractivity contribution in [1.29, 1.82) is 0 Å². The van der Waals surface area contributed by atoms with Crippen LogP contribution in [0.3, 0.4) is 0 Å². The van der Waals surface area contributed by atoms with Gasteiger partial charge in [0.15, 0.2) is 0 Å². The van der Waals surface area contributed by atoms with Crippen LogP contribution in [0.1, 0.15) is 11.1 Å². The molecule has 0 aliphatic heterocycles. The van der Waals surface area contributed by atoms with Crippen LogP contribution >= 0.6 is 11.6 Å². The second kappa shape index (κ2) is 6.26. The van der Waals surface area contributed by atoms with Gasteiger partial charge in [-0.15, -0.1) is 11.6 Å². The molecule has 0 spiro atoms. The molecule has 0 atom stereocenters. The first-order valence-electron chi connectivity index (χ1n) is 5.58. The normalized spacial score (nSPS) is 10.1. The summed E-state index contributed by atoms with van der Waals surface area (Å²) >= 11 is 5.88. The molecule has 1 heterocycles. The Kier molecular flexibility index (Phi) is 4.42. The van der Waals surface area contributed by atoms with Gasteiger partial charge in [-0.1, -0.05) is 6.07 Å². The summed E-state index contributed by atoms with van der Waals surface area (Å²) in [4.78, 5) is 3.96. The summed E-state index contributed by atoms with van der Waals surface area (Å²) in [5, 5.41) is 0. The molecule has 0 saturated heterocycles. The molecule has 0 unspecified atom stereocenters. The molecule has 0 amide bonds. The zero-order valence-corrected chi connectivity index (χ0v) is 10.9. The third-order valence-corrected chi connectivity index (χ3v) is 2.85. The molecule has 0 fully saturated rings. The largest absolute Gasteiger partial charge is 0.497 e. The van der Waals surface area contributed by atoms with E-state index in [0.29, 0.717) is 12.5 Å². The standard InChI is InChI=1S/C14H14ClNO2/c1-17-13-3-2-12(9-15)14(8-13)18-10-11-4-6-16-7-5-11/h2-8H,9-10H2,1H3. The van der Waals surface area contributed by atoms with Gasteiger partial charge >= 0.3 is 0 Å². The average molecular weight is 264 g/mol. The van der Waals surface area contributed by atoms with Gasteiger partial charge in [0.05, 0.1) is 13.0 Å². The van der Waals surface area contributed by atoms with Crippen LogP contribution in [0.5, 0.6) is 11.5 Å². The maximum atomic E-state index is 5.88. The smallest absolute Gasteiger partial charge is 0.127 e. The second-order valence-corrected chi connectivity index (χ2v) is 4.02. The summed E-state index contributed by atoms with van der Waals surface area (Å²) in [6.07, 6.45) is 3.49. The van der Waals surface area contributed by atoms with Gasteiger partial charge in [-0.2, -0.15) is 0 Å². The van der Waals surface area contributed by atoms with Gasteiger partial charge in [0.2, 0.25) is 0 Å². The predicted octanol–water partition coefficient (Wildman–Crippen LogP) is 3.41. The van der Waals surface area contributed by atoms with Gasteiger partial charge in [-0.05, 0) is 23.8 Å². The monoisotopic (exact) mass is 263 g/mol. The number of hydrogen-bond donors (Lipinski definition) is 0. The molecule has 1 aromatic carbocycles. The second-order valence-electron chi connectivity index (χ2n) is 3.75. The Hall–Kier alpha value is -1.74. The van der Waals surface area contributed by atoms with Gasteiger partial charge in [0, 0.05) is 24.0 Å². The van der Waals surface area contributed by atoms with Crippen LogP contribution in [0.15, 0.2) is 42.7 Å². The van der Waals surface area contributed by atoms with Crippen LogP contribution in [0, 0.1) is 0 Å². The summed E-state index contributed by atoms with van der Waals surface area (Å²) in [7, 11) is 1.63. The molecule has 18 heavy (non-hydrogen) atoms. The van der Waals surface area contributed by atoms with Crippen molar-refractivity contribution in [3.63, 3.8) is 0 Å². The maximum Gasteiger partial charge on any atom is 0.127 e.